The predicted molar refractivity (Wildman–Crippen MR) is 67.5 cm³/mol. The van der Waals surface area contributed by atoms with Crippen molar-refractivity contribution in [2.24, 2.45) is 0 Å². The van der Waals surface area contributed by atoms with Gasteiger partial charge < -0.3 is 20.3 Å². The fourth-order valence-corrected chi connectivity index (χ4v) is 1.80. The first-order valence-corrected chi connectivity index (χ1v) is 5.79. The zero-order chi connectivity index (χ0) is 13.0. The Labute approximate surface area is 106 Å². The number of ether oxygens (including phenoxy) is 1. The first-order chi connectivity index (χ1) is 8.72. The van der Waals surface area contributed by atoms with Gasteiger partial charge in [-0.25, -0.2) is 9.97 Å². The number of amides is 1. The number of piperazine rings is 1. The molecule has 0 spiro atoms. The van der Waals surface area contributed by atoms with Crippen LogP contribution in [0.3, 0.4) is 0 Å². The number of nitrogens with one attached hydrogen (secondary N) is 2. The van der Waals surface area contributed by atoms with Gasteiger partial charge in [0.15, 0.2) is 5.82 Å². The first kappa shape index (κ1) is 12.6. The molecule has 0 unspecified atom stereocenters. The molecule has 2 rings (SSSR count). The van der Waals surface area contributed by atoms with E-state index < -0.39 is 0 Å². The molecule has 2 heterocycles. The van der Waals surface area contributed by atoms with Crippen LogP contribution in [0.15, 0.2) is 6.07 Å². The number of hydrogen-bond donors (Lipinski definition) is 2. The fraction of sp³-hybridized carbons (Fsp3) is 0.545. The van der Waals surface area contributed by atoms with Crippen LogP contribution in [0, 0.1) is 0 Å². The van der Waals surface area contributed by atoms with Crippen LogP contribution >= 0.6 is 0 Å². The molecule has 7 heteroatoms. The summed E-state index contributed by atoms with van der Waals surface area (Å²) in [4.78, 5) is 22.0. The lowest BCUT2D eigenvalue weighted by molar-refractivity contribution is -0.120. The minimum atomic E-state index is 0.0131. The van der Waals surface area contributed by atoms with Crippen LogP contribution in [0.4, 0.5) is 11.6 Å². The molecule has 1 aromatic heterocycles. The standard InChI is InChI=1S/C11H17N5O2/c1-12-8-5-10(15-9(14-8)7-18-2)16-4-3-13-11(17)6-16/h5H,3-4,6-7H2,1-2H3,(H,13,17)(H,12,14,15). The van der Waals surface area contributed by atoms with Crippen molar-refractivity contribution in [3.05, 3.63) is 11.9 Å². The Morgan fingerprint density at radius 2 is 2.39 bits per heavy atom. The summed E-state index contributed by atoms with van der Waals surface area (Å²) in [6.45, 7) is 2.06. The van der Waals surface area contributed by atoms with Gasteiger partial charge in [-0.3, -0.25) is 4.79 Å². The van der Waals surface area contributed by atoms with E-state index in [1.807, 2.05) is 11.0 Å². The molecule has 0 bridgehead atoms. The highest BCUT2D eigenvalue weighted by molar-refractivity contribution is 5.82. The van der Waals surface area contributed by atoms with E-state index >= 15 is 0 Å². The highest BCUT2D eigenvalue weighted by Gasteiger charge is 2.18. The average molecular weight is 251 g/mol. The van der Waals surface area contributed by atoms with Gasteiger partial charge in [-0.2, -0.15) is 0 Å². The van der Waals surface area contributed by atoms with Crippen LogP contribution in [0.2, 0.25) is 0 Å². The lowest BCUT2D eigenvalue weighted by Gasteiger charge is -2.28. The minimum Gasteiger partial charge on any atom is -0.377 e. The zero-order valence-corrected chi connectivity index (χ0v) is 10.6. The predicted octanol–water partition coefficient (Wildman–Crippen LogP) is -0.399. The number of aromatic nitrogens is 2. The van der Waals surface area contributed by atoms with E-state index in [2.05, 4.69) is 20.6 Å². The van der Waals surface area contributed by atoms with Gasteiger partial charge in [0.2, 0.25) is 5.91 Å². The number of nitrogens with zero attached hydrogens (tertiary/aromatic N) is 3. The van der Waals surface area contributed by atoms with E-state index in [0.29, 0.717) is 25.5 Å². The summed E-state index contributed by atoms with van der Waals surface area (Å²) in [5, 5.41) is 5.77. The smallest absolute Gasteiger partial charge is 0.239 e. The number of anilines is 2. The largest absolute Gasteiger partial charge is 0.377 e. The van der Waals surface area contributed by atoms with Crippen molar-refractivity contribution in [3.63, 3.8) is 0 Å². The highest BCUT2D eigenvalue weighted by Crippen LogP contribution is 2.16. The van der Waals surface area contributed by atoms with Gasteiger partial charge in [0, 0.05) is 33.3 Å². The Hall–Kier alpha value is -1.89. The lowest BCUT2D eigenvalue weighted by atomic mass is 10.3. The number of carbonyl (C=O) groups is 1. The van der Waals surface area contributed by atoms with Gasteiger partial charge in [0.25, 0.3) is 0 Å². The minimum absolute atomic E-state index is 0.0131. The van der Waals surface area contributed by atoms with E-state index in [4.69, 9.17) is 4.74 Å². The summed E-state index contributed by atoms with van der Waals surface area (Å²) in [5.41, 5.74) is 0. The van der Waals surface area contributed by atoms with Crippen LogP contribution < -0.4 is 15.5 Å². The molecule has 1 aromatic rings. The molecule has 2 N–H and O–H groups in total. The van der Waals surface area contributed by atoms with Gasteiger partial charge >= 0.3 is 0 Å². The third-order valence-corrected chi connectivity index (χ3v) is 2.65. The second-order valence-corrected chi connectivity index (χ2v) is 3.98. The van der Waals surface area contributed by atoms with Crippen molar-refractivity contribution < 1.29 is 9.53 Å². The van der Waals surface area contributed by atoms with E-state index in [1.165, 1.54) is 0 Å². The molecule has 1 amide bonds. The zero-order valence-electron chi connectivity index (χ0n) is 10.6. The molecular weight excluding hydrogens is 234 g/mol. The lowest BCUT2D eigenvalue weighted by Crippen LogP contribution is -2.48. The van der Waals surface area contributed by atoms with Crippen molar-refractivity contribution in [3.8, 4) is 0 Å². The third-order valence-electron chi connectivity index (χ3n) is 2.65. The number of rotatable bonds is 4. The van der Waals surface area contributed by atoms with E-state index in [1.54, 1.807) is 14.2 Å². The molecule has 1 aliphatic rings. The maximum atomic E-state index is 11.4. The third kappa shape index (κ3) is 2.86. The molecule has 1 aliphatic heterocycles. The van der Waals surface area contributed by atoms with Crippen LogP contribution in [-0.4, -0.2) is 49.7 Å². The number of hydrogen-bond acceptors (Lipinski definition) is 6. The maximum absolute atomic E-state index is 11.4. The van der Waals surface area contributed by atoms with Crippen LogP contribution in [-0.2, 0) is 16.1 Å². The Morgan fingerprint density at radius 1 is 1.56 bits per heavy atom. The molecule has 0 aromatic carbocycles. The summed E-state index contributed by atoms with van der Waals surface area (Å²) in [5.74, 6) is 2.08. The van der Waals surface area contributed by atoms with Crippen molar-refractivity contribution in [2.75, 3.05) is 44.0 Å². The van der Waals surface area contributed by atoms with E-state index in [0.717, 1.165) is 18.2 Å². The van der Waals surface area contributed by atoms with Crippen LogP contribution in [0.5, 0.6) is 0 Å². The Morgan fingerprint density at radius 3 is 3.06 bits per heavy atom. The van der Waals surface area contributed by atoms with E-state index in [-0.39, 0.29) is 5.91 Å². The van der Waals surface area contributed by atoms with Crippen molar-refractivity contribution >= 4 is 17.5 Å². The van der Waals surface area contributed by atoms with Crippen LogP contribution in [0.1, 0.15) is 5.82 Å². The van der Waals surface area contributed by atoms with Crippen molar-refractivity contribution in [2.45, 2.75) is 6.61 Å². The van der Waals surface area contributed by atoms with Crippen molar-refractivity contribution in [1.82, 2.24) is 15.3 Å². The fourth-order valence-electron chi connectivity index (χ4n) is 1.80. The molecule has 0 radical (unpaired) electrons. The summed E-state index contributed by atoms with van der Waals surface area (Å²) >= 11 is 0. The second kappa shape index (κ2) is 5.63. The summed E-state index contributed by atoms with van der Waals surface area (Å²) in [6, 6.07) is 1.83. The van der Waals surface area contributed by atoms with Crippen molar-refractivity contribution in [1.29, 1.82) is 0 Å². The maximum Gasteiger partial charge on any atom is 0.239 e. The topological polar surface area (TPSA) is 79.4 Å². The SMILES string of the molecule is CNc1cc(N2CCNC(=O)C2)nc(COC)n1. The van der Waals surface area contributed by atoms with Gasteiger partial charge in [0.05, 0.1) is 6.54 Å². The van der Waals surface area contributed by atoms with Gasteiger partial charge in [-0.15, -0.1) is 0 Å². The second-order valence-electron chi connectivity index (χ2n) is 3.98. The summed E-state index contributed by atoms with van der Waals surface area (Å²) in [6.07, 6.45) is 0. The molecule has 1 saturated heterocycles. The summed E-state index contributed by atoms with van der Waals surface area (Å²) in [7, 11) is 3.40. The highest BCUT2D eigenvalue weighted by atomic mass is 16.5. The number of carbonyl (C=O) groups excluding carboxylic acids is 1. The monoisotopic (exact) mass is 251 g/mol. The first-order valence-electron chi connectivity index (χ1n) is 5.79. The molecule has 0 atom stereocenters. The summed E-state index contributed by atoms with van der Waals surface area (Å²) < 4.78 is 5.04. The van der Waals surface area contributed by atoms with Crippen LogP contribution in [0.25, 0.3) is 0 Å². The molecule has 98 valence electrons. The molecule has 0 saturated carbocycles. The molecular formula is C11H17N5O2. The van der Waals surface area contributed by atoms with Gasteiger partial charge in [-0.05, 0) is 0 Å². The Kier molecular flexibility index (Phi) is 3.93. The van der Waals surface area contributed by atoms with E-state index in [9.17, 15) is 4.79 Å². The number of methoxy groups -OCH3 is 1. The Balaban J connectivity index is 2.24. The molecule has 0 aliphatic carbocycles. The molecule has 7 nitrogen and oxygen atoms in total. The normalized spacial score (nSPS) is 15.4. The quantitative estimate of drug-likeness (QED) is 0.758. The average Bonchev–Trinajstić information content (AvgIpc) is 2.39. The van der Waals surface area contributed by atoms with Gasteiger partial charge in [-0.1, -0.05) is 0 Å². The van der Waals surface area contributed by atoms with Gasteiger partial charge in [0.1, 0.15) is 18.2 Å². The Bertz CT molecular complexity index is 437. The molecule has 18 heavy (non-hydrogen) atoms. The molecule has 1 fully saturated rings.